The third-order valence-corrected chi connectivity index (χ3v) is 2.95. The molecular weight excluding hydrogens is 306 g/mol. The molecule has 0 unspecified atom stereocenters. The number of ether oxygens (including phenoxy) is 1. The minimum atomic E-state index is -1.08. The molecule has 0 aromatic heterocycles. The van der Waals surface area contributed by atoms with E-state index in [9.17, 15) is 24.5 Å². The molecule has 23 heavy (non-hydrogen) atoms. The topological polar surface area (TPSA) is 124 Å². The van der Waals surface area contributed by atoms with Crippen LogP contribution in [0, 0.1) is 10.1 Å². The second kappa shape index (κ2) is 8.42. The highest BCUT2D eigenvalue weighted by Crippen LogP contribution is 2.28. The number of aldehydes is 1. The van der Waals surface area contributed by atoms with Gasteiger partial charge >= 0.3 is 17.6 Å². The smallest absolute Gasteiger partial charge is 0.330 e. The number of carbonyl (C=O) groups excluding carboxylic acids is 2. The third kappa shape index (κ3) is 5.70. The molecule has 1 rings (SSSR count). The Bertz CT molecular complexity index is 651. The SMILES string of the molecule is C=C(CCCCC(=O)Oc1ccc(C=O)cc1[N+](=O)[O-])C(=O)O. The van der Waals surface area contributed by atoms with Crippen molar-refractivity contribution in [3.05, 3.63) is 46.0 Å². The number of rotatable bonds is 9. The average Bonchev–Trinajstić information content (AvgIpc) is 2.51. The summed E-state index contributed by atoms with van der Waals surface area (Å²) >= 11 is 0. The first-order valence-electron chi connectivity index (χ1n) is 6.70. The lowest BCUT2D eigenvalue weighted by Crippen LogP contribution is -2.09. The van der Waals surface area contributed by atoms with Gasteiger partial charge in [-0.15, -0.1) is 0 Å². The zero-order valence-electron chi connectivity index (χ0n) is 12.2. The molecule has 0 atom stereocenters. The molecule has 1 N–H and O–H groups in total. The van der Waals surface area contributed by atoms with Crippen molar-refractivity contribution in [2.45, 2.75) is 25.7 Å². The molecule has 0 aliphatic rings. The molecule has 1 aromatic carbocycles. The fourth-order valence-corrected chi connectivity index (χ4v) is 1.73. The van der Waals surface area contributed by atoms with Gasteiger partial charge in [-0.2, -0.15) is 0 Å². The van der Waals surface area contributed by atoms with Crippen molar-refractivity contribution in [2.24, 2.45) is 0 Å². The number of benzene rings is 1. The van der Waals surface area contributed by atoms with Crippen molar-refractivity contribution in [1.29, 1.82) is 0 Å². The fourth-order valence-electron chi connectivity index (χ4n) is 1.73. The number of nitro groups is 1. The monoisotopic (exact) mass is 321 g/mol. The van der Waals surface area contributed by atoms with Crippen molar-refractivity contribution in [2.75, 3.05) is 0 Å². The second-order valence-electron chi connectivity index (χ2n) is 4.69. The lowest BCUT2D eigenvalue weighted by Gasteiger charge is -2.05. The number of hydrogen-bond donors (Lipinski definition) is 1. The lowest BCUT2D eigenvalue weighted by molar-refractivity contribution is -0.385. The third-order valence-electron chi connectivity index (χ3n) is 2.95. The van der Waals surface area contributed by atoms with Crippen molar-refractivity contribution in [3.63, 3.8) is 0 Å². The first-order chi connectivity index (χ1) is 10.8. The Morgan fingerprint density at radius 2 is 1.96 bits per heavy atom. The number of esters is 1. The number of carbonyl (C=O) groups is 3. The van der Waals surface area contributed by atoms with Crippen LogP contribution >= 0.6 is 0 Å². The van der Waals surface area contributed by atoms with E-state index in [-0.39, 0.29) is 29.7 Å². The Balaban J connectivity index is 2.57. The Hall–Kier alpha value is -3.03. The van der Waals surface area contributed by atoms with Gasteiger partial charge in [-0.1, -0.05) is 6.58 Å². The maximum Gasteiger partial charge on any atom is 0.330 e. The maximum absolute atomic E-state index is 11.7. The summed E-state index contributed by atoms with van der Waals surface area (Å²) in [5, 5.41) is 19.5. The summed E-state index contributed by atoms with van der Waals surface area (Å²) in [5.74, 6) is -1.99. The van der Waals surface area contributed by atoms with Gasteiger partial charge in [-0.3, -0.25) is 19.7 Å². The van der Waals surface area contributed by atoms with Gasteiger partial charge in [0.2, 0.25) is 5.75 Å². The van der Waals surface area contributed by atoms with E-state index in [0.717, 1.165) is 6.07 Å². The number of carboxylic acid groups (broad SMARTS) is 1. The standard InChI is InChI=1S/C15H15NO7/c1-10(15(19)20)4-2-3-5-14(18)23-13-7-6-11(9-17)8-12(13)16(21)22/h6-9H,1-5H2,(H,19,20). The van der Waals surface area contributed by atoms with Crippen LogP contribution in [0.1, 0.15) is 36.0 Å². The molecular formula is C15H15NO7. The van der Waals surface area contributed by atoms with Crippen molar-refractivity contribution in [1.82, 2.24) is 0 Å². The molecule has 0 spiro atoms. The highest BCUT2D eigenvalue weighted by Gasteiger charge is 2.18. The van der Waals surface area contributed by atoms with Gasteiger partial charge in [-0.05, 0) is 31.4 Å². The zero-order valence-corrected chi connectivity index (χ0v) is 12.2. The molecule has 122 valence electrons. The first-order valence-corrected chi connectivity index (χ1v) is 6.70. The fraction of sp³-hybridized carbons (Fsp3) is 0.267. The van der Waals surface area contributed by atoms with Gasteiger partial charge < -0.3 is 9.84 Å². The molecule has 8 nitrogen and oxygen atoms in total. The summed E-state index contributed by atoms with van der Waals surface area (Å²) < 4.78 is 4.93. The largest absolute Gasteiger partial charge is 0.478 e. The summed E-state index contributed by atoms with van der Waals surface area (Å²) in [5.41, 5.74) is -0.315. The van der Waals surface area contributed by atoms with Crippen LogP contribution in [0.4, 0.5) is 5.69 Å². The minimum Gasteiger partial charge on any atom is -0.478 e. The molecule has 0 fully saturated rings. The molecule has 8 heteroatoms. The summed E-state index contributed by atoms with van der Waals surface area (Å²) in [7, 11) is 0. The normalized spacial score (nSPS) is 9.91. The Kier molecular flexibility index (Phi) is 6.60. The molecule has 0 saturated carbocycles. The minimum absolute atomic E-state index is 0.0144. The van der Waals surface area contributed by atoms with Crippen LogP contribution in [0.5, 0.6) is 5.75 Å². The van der Waals surface area contributed by atoms with Gasteiger partial charge in [0.15, 0.2) is 0 Å². The molecule has 0 heterocycles. The van der Waals surface area contributed by atoms with E-state index in [2.05, 4.69) is 6.58 Å². The van der Waals surface area contributed by atoms with Crippen molar-refractivity contribution >= 4 is 23.9 Å². The maximum atomic E-state index is 11.7. The van der Waals surface area contributed by atoms with Crippen LogP contribution in [0.2, 0.25) is 0 Å². The quantitative estimate of drug-likeness (QED) is 0.141. The summed E-state index contributed by atoms with van der Waals surface area (Å²) in [6.07, 6.45) is 1.49. The summed E-state index contributed by atoms with van der Waals surface area (Å²) in [6, 6.07) is 3.51. The van der Waals surface area contributed by atoms with E-state index < -0.39 is 22.5 Å². The summed E-state index contributed by atoms with van der Waals surface area (Å²) in [6.45, 7) is 3.37. The van der Waals surface area contributed by atoms with Crippen molar-refractivity contribution in [3.8, 4) is 5.75 Å². The van der Waals surface area contributed by atoms with Gasteiger partial charge in [0.1, 0.15) is 6.29 Å². The van der Waals surface area contributed by atoms with Crippen LogP contribution in [0.3, 0.4) is 0 Å². The number of nitro benzene ring substituents is 1. The van der Waals surface area contributed by atoms with Gasteiger partial charge in [-0.25, -0.2) is 4.79 Å². The number of nitrogens with zero attached hydrogens (tertiary/aromatic N) is 1. The van der Waals surface area contributed by atoms with E-state index in [1.165, 1.54) is 12.1 Å². The molecule has 0 saturated heterocycles. The molecule has 0 aliphatic carbocycles. The van der Waals surface area contributed by atoms with Crippen LogP contribution in [-0.4, -0.2) is 28.3 Å². The predicted molar refractivity (Wildman–Crippen MR) is 79.4 cm³/mol. The van der Waals surface area contributed by atoms with E-state index >= 15 is 0 Å². The molecule has 0 bridgehead atoms. The number of carboxylic acids is 1. The number of unbranched alkanes of at least 4 members (excludes halogenated alkanes) is 1. The van der Waals surface area contributed by atoms with Gasteiger partial charge in [0.25, 0.3) is 0 Å². The Morgan fingerprint density at radius 3 is 2.52 bits per heavy atom. The van der Waals surface area contributed by atoms with E-state index in [0.29, 0.717) is 19.1 Å². The average molecular weight is 321 g/mol. The molecule has 1 aromatic rings. The highest BCUT2D eigenvalue weighted by atomic mass is 16.6. The van der Waals surface area contributed by atoms with Crippen LogP contribution in [-0.2, 0) is 9.59 Å². The van der Waals surface area contributed by atoms with Crippen LogP contribution in [0.15, 0.2) is 30.4 Å². The molecule has 0 aliphatic heterocycles. The highest BCUT2D eigenvalue weighted by molar-refractivity contribution is 5.85. The van der Waals surface area contributed by atoms with Crippen LogP contribution in [0.25, 0.3) is 0 Å². The van der Waals surface area contributed by atoms with Gasteiger partial charge in [0.05, 0.1) is 4.92 Å². The Labute approximate surface area is 131 Å². The van der Waals surface area contributed by atoms with E-state index in [1.54, 1.807) is 0 Å². The second-order valence-corrected chi connectivity index (χ2v) is 4.69. The van der Waals surface area contributed by atoms with E-state index in [1.807, 2.05) is 0 Å². The number of hydrogen-bond acceptors (Lipinski definition) is 6. The molecule has 0 amide bonds. The molecule has 0 radical (unpaired) electrons. The number of aliphatic carboxylic acids is 1. The van der Waals surface area contributed by atoms with E-state index in [4.69, 9.17) is 9.84 Å². The first kappa shape index (κ1) is 18.0. The lowest BCUT2D eigenvalue weighted by atomic mass is 10.1. The summed E-state index contributed by atoms with van der Waals surface area (Å²) in [4.78, 5) is 43.0. The van der Waals surface area contributed by atoms with Crippen molar-refractivity contribution < 1.29 is 29.2 Å². The zero-order chi connectivity index (χ0) is 17.4. The van der Waals surface area contributed by atoms with Crippen LogP contribution < -0.4 is 4.74 Å². The predicted octanol–water partition coefficient (Wildman–Crippen LogP) is 2.51. The Morgan fingerprint density at radius 1 is 1.30 bits per heavy atom. The van der Waals surface area contributed by atoms with Gasteiger partial charge in [0, 0.05) is 23.6 Å².